The number of esters is 1. The standard InChI is InChI=1S/C26H22ClN5O4S/c1-17(33)36-22-13-8-18(14-23(22)35-2)15-28-29-24(34)16-37-26-31-30-25(19-9-11-20(27)12-10-19)32(26)21-6-4-3-5-7-21/h3-15H,16H2,1-2H3,(H,29,34)/b28-15-. The molecule has 3 aromatic carbocycles. The minimum Gasteiger partial charge on any atom is -0.493 e. The molecule has 0 aliphatic heterocycles. The summed E-state index contributed by atoms with van der Waals surface area (Å²) in [5, 5.41) is 13.9. The number of hydrogen-bond acceptors (Lipinski definition) is 8. The van der Waals surface area contributed by atoms with Gasteiger partial charge in [0.05, 0.1) is 19.1 Å². The van der Waals surface area contributed by atoms with Crippen molar-refractivity contribution < 1.29 is 19.1 Å². The number of thioether (sulfide) groups is 1. The van der Waals surface area contributed by atoms with E-state index in [2.05, 4.69) is 20.7 Å². The smallest absolute Gasteiger partial charge is 0.308 e. The van der Waals surface area contributed by atoms with Crippen molar-refractivity contribution in [3.05, 3.63) is 83.4 Å². The van der Waals surface area contributed by atoms with Crippen LogP contribution in [0.15, 0.2) is 83.1 Å². The molecule has 0 aliphatic carbocycles. The number of aromatic nitrogens is 3. The predicted molar refractivity (Wildman–Crippen MR) is 143 cm³/mol. The molecule has 0 spiro atoms. The molecule has 4 rings (SSSR count). The summed E-state index contributed by atoms with van der Waals surface area (Å²) < 4.78 is 12.2. The quantitative estimate of drug-likeness (QED) is 0.108. The minimum absolute atomic E-state index is 0.0671. The highest BCUT2D eigenvalue weighted by Gasteiger charge is 2.17. The highest BCUT2D eigenvalue weighted by Crippen LogP contribution is 2.29. The molecule has 1 aromatic heterocycles. The summed E-state index contributed by atoms with van der Waals surface area (Å²) in [5.74, 6) is 0.603. The Morgan fingerprint density at radius 1 is 1.05 bits per heavy atom. The molecule has 1 amide bonds. The van der Waals surface area contributed by atoms with Gasteiger partial charge in [-0.3, -0.25) is 14.2 Å². The number of hydrazone groups is 1. The number of carbonyl (C=O) groups is 2. The number of hydrogen-bond donors (Lipinski definition) is 1. The van der Waals surface area contributed by atoms with Crippen molar-refractivity contribution in [1.82, 2.24) is 20.2 Å². The van der Waals surface area contributed by atoms with Crippen molar-refractivity contribution >= 4 is 41.5 Å². The number of benzene rings is 3. The van der Waals surface area contributed by atoms with Crippen molar-refractivity contribution in [2.24, 2.45) is 5.10 Å². The lowest BCUT2D eigenvalue weighted by Crippen LogP contribution is -2.20. The zero-order chi connectivity index (χ0) is 26.2. The number of methoxy groups -OCH3 is 1. The van der Waals surface area contributed by atoms with Gasteiger partial charge in [0.25, 0.3) is 5.91 Å². The van der Waals surface area contributed by atoms with E-state index in [-0.39, 0.29) is 11.7 Å². The zero-order valence-electron chi connectivity index (χ0n) is 19.9. The molecule has 37 heavy (non-hydrogen) atoms. The Kier molecular flexibility index (Phi) is 8.55. The van der Waals surface area contributed by atoms with Crippen molar-refractivity contribution in [1.29, 1.82) is 0 Å². The molecule has 0 saturated carbocycles. The fourth-order valence-corrected chi connectivity index (χ4v) is 4.17. The summed E-state index contributed by atoms with van der Waals surface area (Å²) >= 11 is 7.28. The number of ether oxygens (including phenoxy) is 2. The molecule has 1 N–H and O–H groups in total. The molecule has 9 nitrogen and oxygen atoms in total. The van der Waals surface area contributed by atoms with Gasteiger partial charge < -0.3 is 9.47 Å². The Balaban J connectivity index is 1.44. The van der Waals surface area contributed by atoms with Crippen molar-refractivity contribution in [3.63, 3.8) is 0 Å². The Morgan fingerprint density at radius 2 is 1.81 bits per heavy atom. The number of nitrogens with one attached hydrogen (secondary N) is 1. The monoisotopic (exact) mass is 535 g/mol. The van der Waals surface area contributed by atoms with E-state index in [0.717, 1.165) is 11.3 Å². The van der Waals surface area contributed by atoms with E-state index >= 15 is 0 Å². The zero-order valence-corrected chi connectivity index (χ0v) is 21.5. The van der Waals surface area contributed by atoms with Gasteiger partial charge in [-0.15, -0.1) is 10.2 Å². The summed E-state index contributed by atoms with van der Waals surface area (Å²) in [6.45, 7) is 1.31. The van der Waals surface area contributed by atoms with E-state index in [4.69, 9.17) is 21.1 Å². The van der Waals surface area contributed by atoms with Gasteiger partial charge in [-0.25, -0.2) is 5.43 Å². The lowest BCUT2D eigenvalue weighted by atomic mass is 10.2. The van der Waals surface area contributed by atoms with Gasteiger partial charge in [0, 0.05) is 23.2 Å². The average Bonchev–Trinajstić information content (AvgIpc) is 3.33. The number of carbonyl (C=O) groups excluding carboxylic acids is 2. The lowest BCUT2D eigenvalue weighted by Gasteiger charge is -2.10. The van der Waals surface area contributed by atoms with E-state index < -0.39 is 5.97 Å². The highest BCUT2D eigenvalue weighted by molar-refractivity contribution is 7.99. The van der Waals surface area contributed by atoms with Gasteiger partial charge in [0.15, 0.2) is 22.5 Å². The summed E-state index contributed by atoms with van der Waals surface area (Å²) in [4.78, 5) is 23.7. The molecule has 4 aromatic rings. The number of halogens is 1. The topological polar surface area (TPSA) is 108 Å². The first kappa shape index (κ1) is 25.9. The maximum atomic E-state index is 12.5. The molecule has 1 heterocycles. The van der Waals surface area contributed by atoms with E-state index in [9.17, 15) is 9.59 Å². The molecule has 0 saturated heterocycles. The van der Waals surface area contributed by atoms with Crippen LogP contribution in [0.1, 0.15) is 12.5 Å². The van der Waals surface area contributed by atoms with Crippen LogP contribution in [0.4, 0.5) is 0 Å². The highest BCUT2D eigenvalue weighted by atomic mass is 35.5. The van der Waals surface area contributed by atoms with Gasteiger partial charge in [0.2, 0.25) is 0 Å². The molecular formula is C26H22ClN5O4S. The number of rotatable bonds is 9. The Hall–Kier alpha value is -4.15. The molecule has 0 fully saturated rings. The van der Waals surface area contributed by atoms with Crippen LogP contribution in [-0.2, 0) is 9.59 Å². The first-order valence-corrected chi connectivity index (χ1v) is 12.4. The van der Waals surface area contributed by atoms with Gasteiger partial charge in [0.1, 0.15) is 0 Å². The average molecular weight is 536 g/mol. The van der Waals surface area contributed by atoms with Gasteiger partial charge >= 0.3 is 5.97 Å². The fourth-order valence-electron chi connectivity index (χ4n) is 3.30. The minimum atomic E-state index is -0.451. The predicted octanol–water partition coefficient (Wildman–Crippen LogP) is 4.76. The third-order valence-corrected chi connectivity index (χ3v) is 6.11. The normalized spacial score (nSPS) is 10.9. The molecule has 11 heteroatoms. The summed E-state index contributed by atoms with van der Waals surface area (Å²) in [6.07, 6.45) is 1.47. The number of nitrogens with zero attached hydrogens (tertiary/aromatic N) is 4. The second kappa shape index (κ2) is 12.2. The van der Waals surface area contributed by atoms with E-state index in [1.54, 1.807) is 30.3 Å². The molecule has 0 atom stereocenters. The van der Waals surface area contributed by atoms with E-state index in [1.165, 1.54) is 32.0 Å². The third kappa shape index (κ3) is 6.75. The first-order chi connectivity index (χ1) is 17.9. The summed E-state index contributed by atoms with van der Waals surface area (Å²) in [6, 6.07) is 21.9. The SMILES string of the molecule is COc1cc(/C=N\NC(=O)CSc2nnc(-c3ccc(Cl)cc3)n2-c2ccccc2)ccc1OC(C)=O. The number of amides is 1. The van der Waals surface area contributed by atoms with E-state index in [0.29, 0.717) is 33.1 Å². The maximum Gasteiger partial charge on any atom is 0.308 e. The molecule has 0 unspecified atom stereocenters. The van der Waals surface area contributed by atoms with Crippen molar-refractivity contribution in [2.75, 3.05) is 12.9 Å². The van der Waals surface area contributed by atoms with Crippen LogP contribution < -0.4 is 14.9 Å². The second-order valence-corrected chi connectivity index (χ2v) is 8.95. The molecule has 0 bridgehead atoms. The Morgan fingerprint density at radius 3 is 2.51 bits per heavy atom. The second-order valence-electron chi connectivity index (χ2n) is 7.57. The van der Waals surface area contributed by atoms with Gasteiger partial charge in [-0.05, 0) is 60.2 Å². The van der Waals surface area contributed by atoms with Crippen molar-refractivity contribution in [2.45, 2.75) is 12.1 Å². The fraction of sp³-hybridized carbons (Fsp3) is 0.115. The van der Waals surface area contributed by atoms with Gasteiger partial charge in [-0.2, -0.15) is 5.10 Å². The van der Waals surface area contributed by atoms with E-state index in [1.807, 2.05) is 47.0 Å². The molecule has 0 aliphatic rings. The molecule has 0 radical (unpaired) electrons. The maximum absolute atomic E-state index is 12.5. The Labute approximate surface area is 222 Å². The third-order valence-electron chi connectivity index (χ3n) is 4.93. The van der Waals surface area contributed by atoms with Gasteiger partial charge in [-0.1, -0.05) is 41.6 Å². The van der Waals surface area contributed by atoms with Crippen LogP contribution in [0.25, 0.3) is 17.1 Å². The van der Waals surface area contributed by atoms with Crippen LogP contribution in [0.5, 0.6) is 11.5 Å². The molecule has 188 valence electrons. The first-order valence-electron chi connectivity index (χ1n) is 11.0. The van der Waals surface area contributed by atoms with Crippen LogP contribution in [0, 0.1) is 0 Å². The summed E-state index contributed by atoms with van der Waals surface area (Å²) in [5.41, 5.74) is 4.86. The Bertz CT molecular complexity index is 1420. The number of para-hydroxylation sites is 1. The van der Waals surface area contributed by atoms with Crippen LogP contribution in [0.2, 0.25) is 5.02 Å². The van der Waals surface area contributed by atoms with Crippen LogP contribution in [0.3, 0.4) is 0 Å². The summed E-state index contributed by atoms with van der Waals surface area (Å²) in [7, 11) is 1.47. The van der Waals surface area contributed by atoms with Crippen molar-refractivity contribution in [3.8, 4) is 28.6 Å². The lowest BCUT2D eigenvalue weighted by molar-refractivity contribution is -0.132. The van der Waals surface area contributed by atoms with Crippen LogP contribution >= 0.6 is 23.4 Å². The van der Waals surface area contributed by atoms with Crippen LogP contribution in [-0.4, -0.2) is 45.7 Å². The largest absolute Gasteiger partial charge is 0.493 e. The molecular weight excluding hydrogens is 514 g/mol.